The molecule has 2 aromatic rings. The van der Waals surface area contributed by atoms with Crippen LogP contribution in [0.25, 0.3) is 4.98 Å². The third-order valence-corrected chi connectivity index (χ3v) is 2.68. The molecule has 90 valence electrons. The predicted molar refractivity (Wildman–Crippen MR) is 72.2 cm³/mol. The van der Waals surface area contributed by atoms with Gasteiger partial charge in [0.15, 0.2) is 4.98 Å². The maximum Gasteiger partial charge on any atom is 0.391 e. The summed E-state index contributed by atoms with van der Waals surface area (Å²) >= 11 is 0. The summed E-state index contributed by atoms with van der Waals surface area (Å²) in [5.41, 5.74) is 3.19. The number of aryl methyl sites for hydroxylation is 1. The Morgan fingerprint density at radius 1 is 1.17 bits per heavy atom. The minimum atomic E-state index is 0.505. The Balaban J connectivity index is 2.39. The highest BCUT2D eigenvalue weighted by Gasteiger charge is 2.15. The van der Waals surface area contributed by atoms with Gasteiger partial charge >= 0.3 is 5.69 Å². The van der Waals surface area contributed by atoms with E-state index in [4.69, 9.17) is 10.1 Å². The summed E-state index contributed by atoms with van der Waals surface area (Å²) in [6.45, 7) is 1.88. The standard InChI is InChI=1S/C14H14N3O/c1-10-8-13(14(18-2)9-12(10)17-15)16-11-6-4-3-5-7-11/h3-9,16H,1-2H3/q+1. The highest BCUT2D eigenvalue weighted by atomic mass is 16.5. The molecule has 0 saturated heterocycles. The van der Waals surface area contributed by atoms with Crippen LogP contribution in [-0.2, 0) is 0 Å². The van der Waals surface area contributed by atoms with Crippen molar-refractivity contribution in [3.8, 4) is 5.75 Å². The van der Waals surface area contributed by atoms with Gasteiger partial charge in [-0.15, -0.1) is 0 Å². The minimum Gasteiger partial charge on any atom is -0.494 e. The molecule has 4 heteroatoms. The molecule has 0 fully saturated rings. The summed E-state index contributed by atoms with van der Waals surface area (Å²) < 4.78 is 5.28. The van der Waals surface area contributed by atoms with Crippen molar-refractivity contribution in [2.75, 3.05) is 12.4 Å². The van der Waals surface area contributed by atoms with E-state index in [-0.39, 0.29) is 0 Å². The SMILES string of the molecule is COc1cc([N+]#N)c(C)cc1Nc1ccccc1. The number of benzene rings is 2. The van der Waals surface area contributed by atoms with Crippen molar-refractivity contribution in [3.05, 3.63) is 53.0 Å². The average molecular weight is 240 g/mol. The molecule has 2 rings (SSSR count). The first kappa shape index (κ1) is 11.9. The molecule has 1 N–H and O–H groups in total. The highest BCUT2D eigenvalue weighted by molar-refractivity contribution is 5.72. The van der Waals surface area contributed by atoms with E-state index in [9.17, 15) is 0 Å². The molecule has 0 radical (unpaired) electrons. The Kier molecular flexibility index (Phi) is 3.44. The second kappa shape index (κ2) is 5.19. The molecule has 0 aliphatic rings. The number of para-hydroxylation sites is 1. The van der Waals surface area contributed by atoms with E-state index in [2.05, 4.69) is 10.3 Å². The van der Waals surface area contributed by atoms with Crippen LogP contribution in [0.15, 0.2) is 42.5 Å². The van der Waals surface area contributed by atoms with Crippen LogP contribution in [0.3, 0.4) is 0 Å². The topological polar surface area (TPSA) is 49.4 Å². The molecule has 0 spiro atoms. The largest absolute Gasteiger partial charge is 0.494 e. The lowest BCUT2D eigenvalue weighted by molar-refractivity contribution is 0.417. The van der Waals surface area contributed by atoms with Gasteiger partial charge in [-0.2, -0.15) is 0 Å². The number of rotatable bonds is 3. The van der Waals surface area contributed by atoms with Crippen molar-refractivity contribution < 1.29 is 4.74 Å². The number of anilines is 2. The third-order valence-electron chi connectivity index (χ3n) is 2.68. The monoisotopic (exact) mass is 240 g/mol. The second-order valence-corrected chi connectivity index (χ2v) is 3.93. The third kappa shape index (κ3) is 2.41. The molecule has 0 aliphatic carbocycles. The molecule has 0 atom stereocenters. The fourth-order valence-electron chi connectivity index (χ4n) is 1.73. The van der Waals surface area contributed by atoms with Crippen LogP contribution in [0, 0.1) is 12.3 Å². The first-order valence-electron chi connectivity index (χ1n) is 5.60. The molecule has 0 aromatic heterocycles. The Bertz CT molecular complexity index is 588. The summed E-state index contributed by atoms with van der Waals surface area (Å²) in [5, 5.41) is 12.1. The van der Waals surface area contributed by atoms with Gasteiger partial charge in [-0.1, -0.05) is 18.2 Å². The van der Waals surface area contributed by atoms with Gasteiger partial charge in [-0.05, 0) is 25.1 Å². The van der Waals surface area contributed by atoms with E-state index < -0.39 is 0 Å². The summed E-state index contributed by atoms with van der Waals surface area (Å²) in [5.74, 6) is 0.636. The quantitative estimate of drug-likeness (QED) is 0.816. The lowest BCUT2D eigenvalue weighted by atomic mass is 10.1. The van der Waals surface area contributed by atoms with Crippen molar-refractivity contribution in [2.24, 2.45) is 0 Å². The molecule has 0 aliphatic heterocycles. The molecule has 18 heavy (non-hydrogen) atoms. The maximum atomic E-state index is 8.87. The molecule has 0 heterocycles. The Morgan fingerprint density at radius 3 is 2.50 bits per heavy atom. The number of methoxy groups -OCH3 is 1. The fraction of sp³-hybridized carbons (Fsp3) is 0.143. The summed E-state index contributed by atoms with van der Waals surface area (Å²) in [4.78, 5) is 3.22. The van der Waals surface area contributed by atoms with E-state index in [1.54, 1.807) is 13.2 Å². The normalized spacial score (nSPS) is 9.61. The van der Waals surface area contributed by atoms with Crippen molar-refractivity contribution in [3.63, 3.8) is 0 Å². The van der Waals surface area contributed by atoms with Gasteiger partial charge in [0.25, 0.3) is 0 Å². The lowest BCUT2D eigenvalue weighted by Crippen LogP contribution is -1.95. The van der Waals surface area contributed by atoms with Crippen molar-refractivity contribution in [1.29, 1.82) is 5.39 Å². The van der Waals surface area contributed by atoms with Crippen molar-refractivity contribution >= 4 is 17.1 Å². The zero-order valence-corrected chi connectivity index (χ0v) is 10.3. The zero-order chi connectivity index (χ0) is 13.0. The van der Waals surface area contributed by atoms with Crippen molar-refractivity contribution in [2.45, 2.75) is 6.92 Å². The minimum absolute atomic E-state index is 0.505. The van der Waals surface area contributed by atoms with Crippen LogP contribution in [0.4, 0.5) is 17.1 Å². The highest BCUT2D eigenvalue weighted by Crippen LogP contribution is 2.34. The van der Waals surface area contributed by atoms with Crippen LogP contribution < -0.4 is 10.1 Å². The van der Waals surface area contributed by atoms with Crippen LogP contribution in [-0.4, -0.2) is 7.11 Å². The zero-order valence-electron chi connectivity index (χ0n) is 10.3. The predicted octanol–water partition coefficient (Wildman–Crippen LogP) is 4.23. The Labute approximate surface area is 106 Å². The molecule has 0 amide bonds. The first-order valence-corrected chi connectivity index (χ1v) is 5.60. The van der Waals surface area contributed by atoms with Gasteiger partial charge in [-0.25, -0.2) is 0 Å². The molecule has 2 aromatic carbocycles. The number of nitrogens with one attached hydrogen (secondary N) is 1. The molecule has 0 unspecified atom stereocenters. The van der Waals surface area contributed by atoms with Crippen molar-refractivity contribution in [1.82, 2.24) is 0 Å². The molecule has 4 nitrogen and oxygen atoms in total. The fourth-order valence-corrected chi connectivity index (χ4v) is 1.73. The van der Waals surface area contributed by atoms with Gasteiger partial charge in [0.2, 0.25) is 5.39 Å². The van der Waals surface area contributed by atoms with Gasteiger partial charge in [0.1, 0.15) is 5.75 Å². The Morgan fingerprint density at radius 2 is 1.89 bits per heavy atom. The van der Waals surface area contributed by atoms with Crippen LogP contribution in [0.1, 0.15) is 5.56 Å². The van der Waals surface area contributed by atoms with Gasteiger partial charge in [0.05, 0.1) is 18.9 Å². The Hall–Kier alpha value is -2.54. The van der Waals surface area contributed by atoms with E-state index in [1.165, 1.54) is 0 Å². The van der Waals surface area contributed by atoms with Gasteiger partial charge < -0.3 is 10.1 Å². The number of nitrogens with zero attached hydrogens (tertiary/aromatic N) is 2. The first-order chi connectivity index (χ1) is 8.74. The molecular weight excluding hydrogens is 226 g/mol. The summed E-state index contributed by atoms with van der Waals surface area (Å²) in [6, 6.07) is 13.4. The summed E-state index contributed by atoms with van der Waals surface area (Å²) in [7, 11) is 1.59. The van der Waals surface area contributed by atoms with Gasteiger partial charge in [-0.3, -0.25) is 0 Å². The van der Waals surface area contributed by atoms with E-state index in [0.717, 1.165) is 16.9 Å². The number of hydrogen-bond donors (Lipinski definition) is 1. The molecular formula is C14H14N3O+. The van der Waals surface area contributed by atoms with Gasteiger partial charge in [0, 0.05) is 11.3 Å². The number of diazo groups is 1. The number of ether oxygens (including phenoxy) is 1. The maximum absolute atomic E-state index is 8.87. The van der Waals surface area contributed by atoms with Crippen LogP contribution in [0.2, 0.25) is 0 Å². The second-order valence-electron chi connectivity index (χ2n) is 3.93. The average Bonchev–Trinajstić information content (AvgIpc) is 2.40. The molecule has 0 bridgehead atoms. The van der Waals surface area contributed by atoms with Crippen LogP contribution >= 0.6 is 0 Å². The molecule has 0 saturated carbocycles. The number of hydrogen-bond acceptors (Lipinski definition) is 3. The summed E-state index contributed by atoms with van der Waals surface area (Å²) in [6.07, 6.45) is 0. The lowest BCUT2D eigenvalue weighted by Gasteiger charge is -2.10. The van der Waals surface area contributed by atoms with E-state index in [0.29, 0.717) is 11.4 Å². The van der Waals surface area contributed by atoms with E-state index >= 15 is 0 Å². The van der Waals surface area contributed by atoms with E-state index in [1.807, 2.05) is 43.3 Å². The smallest absolute Gasteiger partial charge is 0.391 e. The van der Waals surface area contributed by atoms with Crippen LogP contribution in [0.5, 0.6) is 5.75 Å².